The first-order valence-corrected chi connectivity index (χ1v) is 6.16. The van der Waals surface area contributed by atoms with Gasteiger partial charge in [-0.1, -0.05) is 13.0 Å². The van der Waals surface area contributed by atoms with Crippen LogP contribution in [0.2, 0.25) is 0 Å². The van der Waals surface area contributed by atoms with Gasteiger partial charge < -0.3 is 11.1 Å². The molecule has 5 heteroatoms. The molecule has 0 saturated carbocycles. The SMILES string of the molecule is CCc1nn(C)c(Nc2cc(C#N)ccc2C)c1N. The number of nitriles is 1. The van der Waals surface area contributed by atoms with Gasteiger partial charge >= 0.3 is 0 Å². The summed E-state index contributed by atoms with van der Waals surface area (Å²) in [6.45, 7) is 4.00. The number of nitrogen functional groups attached to an aromatic ring is 1. The van der Waals surface area contributed by atoms with Crippen molar-refractivity contribution in [3.05, 3.63) is 35.0 Å². The number of aromatic nitrogens is 2. The normalized spacial score (nSPS) is 10.2. The highest BCUT2D eigenvalue weighted by Gasteiger charge is 2.13. The Balaban J connectivity index is 2.42. The van der Waals surface area contributed by atoms with Crippen LogP contribution in [0.1, 0.15) is 23.7 Å². The first-order valence-electron chi connectivity index (χ1n) is 6.16. The predicted octanol–water partition coefficient (Wildman–Crippen LogP) is 2.49. The summed E-state index contributed by atoms with van der Waals surface area (Å²) in [7, 11) is 1.85. The third kappa shape index (κ3) is 2.38. The number of benzene rings is 1. The van der Waals surface area contributed by atoms with Crippen molar-refractivity contribution >= 4 is 17.2 Å². The zero-order valence-electron chi connectivity index (χ0n) is 11.4. The number of nitrogens with one attached hydrogen (secondary N) is 1. The average molecular weight is 255 g/mol. The lowest BCUT2D eigenvalue weighted by atomic mass is 10.1. The fraction of sp³-hybridized carbons (Fsp3) is 0.286. The van der Waals surface area contributed by atoms with E-state index in [0.717, 1.165) is 29.2 Å². The van der Waals surface area contributed by atoms with Crippen LogP contribution >= 0.6 is 0 Å². The molecule has 1 heterocycles. The molecular formula is C14H17N5. The number of nitrogens with zero attached hydrogens (tertiary/aromatic N) is 3. The Labute approximate surface area is 112 Å². The molecule has 3 N–H and O–H groups in total. The lowest BCUT2D eigenvalue weighted by molar-refractivity contribution is 0.753. The zero-order valence-corrected chi connectivity index (χ0v) is 11.4. The van der Waals surface area contributed by atoms with Gasteiger partial charge in [0.15, 0.2) is 5.82 Å². The van der Waals surface area contributed by atoms with E-state index in [1.807, 2.05) is 33.0 Å². The molecule has 2 aromatic rings. The van der Waals surface area contributed by atoms with E-state index < -0.39 is 0 Å². The number of nitrogens with two attached hydrogens (primary N) is 1. The Hall–Kier alpha value is -2.48. The molecule has 1 aromatic carbocycles. The molecule has 2 rings (SSSR count). The molecule has 0 aliphatic heterocycles. The molecule has 98 valence electrons. The Bertz CT molecular complexity index is 649. The molecule has 0 saturated heterocycles. The number of rotatable bonds is 3. The van der Waals surface area contributed by atoms with Gasteiger partial charge in [0.25, 0.3) is 0 Å². The Kier molecular flexibility index (Phi) is 3.43. The monoisotopic (exact) mass is 255 g/mol. The first-order chi connectivity index (χ1) is 9.06. The first kappa shape index (κ1) is 13.0. The quantitative estimate of drug-likeness (QED) is 0.883. The topological polar surface area (TPSA) is 79.7 Å². The second-order valence-corrected chi connectivity index (χ2v) is 4.45. The molecule has 1 aromatic heterocycles. The lowest BCUT2D eigenvalue weighted by Gasteiger charge is -2.10. The van der Waals surface area contributed by atoms with Gasteiger partial charge in [0.2, 0.25) is 0 Å². The van der Waals surface area contributed by atoms with Gasteiger partial charge in [-0.3, -0.25) is 4.68 Å². The minimum Gasteiger partial charge on any atom is -0.394 e. The molecule has 0 bridgehead atoms. The smallest absolute Gasteiger partial charge is 0.152 e. The number of hydrogen-bond donors (Lipinski definition) is 2. The summed E-state index contributed by atoms with van der Waals surface area (Å²) in [4.78, 5) is 0. The predicted molar refractivity (Wildman–Crippen MR) is 76.2 cm³/mol. The van der Waals surface area contributed by atoms with Crippen molar-refractivity contribution in [3.8, 4) is 6.07 Å². The third-order valence-corrected chi connectivity index (χ3v) is 3.11. The number of hydrogen-bond acceptors (Lipinski definition) is 4. The van der Waals surface area contributed by atoms with E-state index in [2.05, 4.69) is 16.5 Å². The van der Waals surface area contributed by atoms with Gasteiger partial charge in [-0.05, 0) is 31.0 Å². The Morgan fingerprint density at radius 3 is 2.79 bits per heavy atom. The molecular weight excluding hydrogens is 238 g/mol. The molecule has 0 atom stereocenters. The average Bonchev–Trinajstić information content (AvgIpc) is 2.68. The van der Waals surface area contributed by atoms with Crippen molar-refractivity contribution in [1.29, 1.82) is 5.26 Å². The fourth-order valence-electron chi connectivity index (χ4n) is 1.96. The van der Waals surface area contributed by atoms with Crippen LogP contribution in [-0.4, -0.2) is 9.78 Å². The molecule has 0 fully saturated rings. The van der Waals surface area contributed by atoms with Crippen LogP contribution in [0.15, 0.2) is 18.2 Å². The van der Waals surface area contributed by atoms with Crippen molar-refractivity contribution < 1.29 is 0 Å². The highest BCUT2D eigenvalue weighted by atomic mass is 15.3. The van der Waals surface area contributed by atoms with E-state index in [9.17, 15) is 0 Å². The fourth-order valence-corrected chi connectivity index (χ4v) is 1.96. The van der Waals surface area contributed by atoms with Crippen LogP contribution in [0.5, 0.6) is 0 Å². The van der Waals surface area contributed by atoms with Gasteiger partial charge in [0, 0.05) is 12.7 Å². The zero-order chi connectivity index (χ0) is 14.0. The van der Waals surface area contributed by atoms with Crippen LogP contribution in [-0.2, 0) is 13.5 Å². The summed E-state index contributed by atoms with van der Waals surface area (Å²) in [5.74, 6) is 0.759. The number of anilines is 3. The van der Waals surface area contributed by atoms with Crippen molar-refractivity contribution in [2.45, 2.75) is 20.3 Å². The molecule has 0 radical (unpaired) electrons. The van der Waals surface area contributed by atoms with E-state index in [1.165, 1.54) is 0 Å². The molecule has 19 heavy (non-hydrogen) atoms. The second kappa shape index (κ2) is 5.02. The minimum absolute atomic E-state index is 0.615. The maximum Gasteiger partial charge on any atom is 0.152 e. The van der Waals surface area contributed by atoms with E-state index in [-0.39, 0.29) is 0 Å². The highest BCUT2D eigenvalue weighted by molar-refractivity contribution is 5.73. The Morgan fingerprint density at radius 1 is 1.47 bits per heavy atom. The highest BCUT2D eigenvalue weighted by Crippen LogP contribution is 2.28. The molecule has 0 spiro atoms. The summed E-state index contributed by atoms with van der Waals surface area (Å²) in [6, 6.07) is 7.65. The summed E-state index contributed by atoms with van der Waals surface area (Å²) >= 11 is 0. The van der Waals surface area contributed by atoms with E-state index in [4.69, 9.17) is 11.0 Å². The van der Waals surface area contributed by atoms with Crippen LogP contribution in [0.4, 0.5) is 17.2 Å². The van der Waals surface area contributed by atoms with E-state index >= 15 is 0 Å². The maximum atomic E-state index is 8.95. The summed E-state index contributed by atoms with van der Waals surface area (Å²) in [6.07, 6.45) is 0.790. The minimum atomic E-state index is 0.615. The molecule has 0 amide bonds. The van der Waals surface area contributed by atoms with Crippen LogP contribution in [0.25, 0.3) is 0 Å². The summed E-state index contributed by atoms with van der Waals surface area (Å²) < 4.78 is 1.73. The van der Waals surface area contributed by atoms with E-state index in [1.54, 1.807) is 10.7 Å². The standard InChI is InChI=1S/C14H17N5/c1-4-11-13(16)14(19(3)18-11)17-12-7-10(8-15)6-5-9(12)2/h5-7,17H,4,16H2,1-3H3. The maximum absolute atomic E-state index is 8.95. The van der Waals surface area contributed by atoms with Crippen molar-refractivity contribution in [1.82, 2.24) is 9.78 Å². The van der Waals surface area contributed by atoms with Gasteiger partial charge in [0.1, 0.15) is 0 Å². The van der Waals surface area contributed by atoms with Gasteiger partial charge in [-0.15, -0.1) is 0 Å². The van der Waals surface area contributed by atoms with Gasteiger partial charge in [-0.25, -0.2) is 0 Å². The van der Waals surface area contributed by atoms with Crippen LogP contribution < -0.4 is 11.1 Å². The van der Waals surface area contributed by atoms with E-state index in [0.29, 0.717) is 11.3 Å². The molecule has 0 aliphatic carbocycles. The third-order valence-electron chi connectivity index (χ3n) is 3.11. The number of aryl methyl sites for hydroxylation is 3. The van der Waals surface area contributed by atoms with Crippen molar-refractivity contribution in [2.75, 3.05) is 11.1 Å². The van der Waals surface area contributed by atoms with Crippen molar-refractivity contribution in [2.24, 2.45) is 7.05 Å². The van der Waals surface area contributed by atoms with Gasteiger partial charge in [0.05, 0.1) is 23.0 Å². The molecule has 0 unspecified atom stereocenters. The van der Waals surface area contributed by atoms with Gasteiger partial charge in [-0.2, -0.15) is 10.4 Å². The second-order valence-electron chi connectivity index (χ2n) is 4.45. The molecule has 5 nitrogen and oxygen atoms in total. The Morgan fingerprint density at radius 2 is 2.21 bits per heavy atom. The van der Waals surface area contributed by atoms with Crippen LogP contribution in [0, 0.1) is 18.3 Å². The summed E-state index contributed by atoms with van der Waals surface area (Å²) in [5.41, 5.74) is 10.1. The largest absolute Gasteiger partial charge is 0.394 e. The summed E-state index contributed by atoms with van der Waals surface area (Å²) in [5, 5.41) is 16.6. The lowest BCUT2D eigenvalue weighted by Crippen LogP contribution is -2.02. The molecule has 0 aliphatic rings. The van der Waals surface area contributed by atoms with Crippen LogP contribution in [0.3, 0.4) is 0 Å². The van der Waals surface area contributed by atoms with Crippen molar-refractivity contribution in [3.63, 3.8) is 0 Å².